The van der Waals surface area contributed by atoms with Crippen LogP contribution in [-0.2, 0) is 19.1 Å². The molecule has 1 saturated carbocycles. The minimum atomic E-state index is -1.44. The lowest BCUT2D eigenvalue weighted by molar-refractivity contribution is -0.163. The number of rotatable bonds is 10. The van der Waals surface area contributed by atoms with Crippen LogP contribution in [0.4, 0.5) is 4.79 Å². The minimum absolute atomic E-state index is 0.109. The molecule has 0 radical (unpaired) electrons. The number of hydrogen-bond acceptors (Lipinski definition) is 8. The Kier molecular flexibility index (Phi) is 9.40. The van der Waals surface area contributed by atoms with Crippen LogP contribution in [0.15, 0.2) is 18.2 Å². The van der Waals surface area contributed by atoms with E-state index in [0.29, 0.717) is 40.8 Å². The van der Waals surface area contributed by atoms with Crippen LogP contribution in [0, 0.1) is 6.92 Å². The monoisotopic (exact) mass is 604 g/mol. The fourth-order valence-electron chi connectivity index (χ4n) is 4.89. The van der Waals surface area contributed by atoms with Crippen molar-refractivity contribution < 1.29 is 43.7 Å². The standard InChI is InChI=1S/C28H33ClN4O9/c1-3-41-27(40)33-11-9-32(10-12-33)25(37)19(5-6-23(34)35)31-24(36)21-15-22(42-28(26(38)39)7-4-8-28)17-14-18(29)16(2)13-20(17)30-21/h13-15,19H,3-12H2,1-2H3,(H,31,36)(H,34,35)(H,38,39). The molecule has 226 valence electrons. The summed E-state index contributed by atoms with van der Waals surface area (Å²) in [6, 6.07) is 3.36. The molecule has 2 aliphatic rings. The van der Waals surface area contributed by atoms with Crippen LogP contribution in [0.1, 0.15) is 55.1 Å². The fourth-order valence-corrected chi connectivity index (χ4v) is 5.05. The van der Waals surface area contributed by atoms with Gasteiger partial charge in [0.25, 0.3) is 5.91 Å². The normalized spacial score (nSPS) is 16.7. The highest BCUT2D eigenvalue weighted by molar-refractivity contribution is 6.32. The van der Waals surface area contributed by atoms with Gasteiger partial charge in [0.15, 0.2) is 0 Å². The molecular formula is C28H33ClN4O9. The fraction of sp³-hybridized carbons (Fsp3) is 0.500. The van der Waals surface area contributed by atoms with Crippen LogP contribution in [0.3, 0.4) is 0 Å². The first-order valence-electron chi connectivity index (χ1n) is 13.7. The second-order valence-corrected chi connectivity index (χ2v) is 10.8. The highest BCUT2D eigenvalue weighted by atomic mass is 35.5. The number of ether oxygens (including phenoxy) is 2. The molecule has 1 aromatic carbocycles. The predicted molar refractivity (Wildman–Crippen MR) is 150 cm³/mol. The molecule has 2 fully saturated rings. The summed E-state index contributed by atoms with van der Waals surface area (Å²) in [6.07, 6.45) is 0.224. The number of piperazine rings is 1. The Balaban J connectivity index is 1.59. The first-order valence-corrected chi connectivity index (χ1v) is 14.1. The largest absolute Gasteiger partial charge is 0.481 e. The number of carbonyl (C=O) groups is 5. The molecule has 4 rings (SSSR count). The van der Waals surface area contributed by atoms with Crippen molar-refractivity contribution in [1.29, 1.82) is 0 Å². The quantitative estimate of drug-likeness (QED) is 0.365. The van der Waals surface area contributed by atoms with Crippen LogP contribution < -0.4 is 10.1 Å². The predicted octanol–water partition coefficient (Wildman–Crippen LogP) is 2.85. The second-order valence-electron chi connectivity index (χ2n) is 10.3. The maximum absolute atomic E-state index is 13.5. The Morgan fingerprint density at radius 1 is 1.07 bits per heavy atom. The van der Waals surface area contributed by atoms with Crippen molar-refractivity contribution >= 4 is 52.4 Å². The van der Waals surface area contributed by atoms with E-state index in [1.807, 2.05) is 0 Å². The zero-order valence-electron chi connectivity index (χ0n) is 23.4. The molecule has 1 aliphatic carbocycles. The summed E-state index contributed by atoms with van der Waals surface area (Å²) < 4.78 is 11.0. The molecule has 1 aromatic heterocycles. The zero-order chi connectivity index (χ0) is 30.6. The van der Waals surface area contributed by atoms with E-state index >= 15 is 0 Å². The number of halogens is 1. The molecule has 1 unspecified atom stereocenters. The number of hydrogen-bond donors (Lipinski definition) is 3. The number of benzene rings is 1. The number of aliphatic carboxylic acids is 2. The number of pyridine rings is 1. The Morgan fingerprint density at radius 2 is 1.74 bits per heavy atom. The number of fused-ring (bicyclic) bond motifs is 1. The van der Waals surface area contributed by atoms with Crippen LogP contribution >= 0.6 is 11.6 Å². The van der Waals surface area contributed by atoms with Gasteiger partial charge in [0.05, 0.1) is 12.1 Å². The van der Waals surface area contributed by atoms with Crippen molar-refractivity contribution in [3.8, 4) is 5.75 Å². The number of carboxylic acid groups (broad SMARTS) is 2. The van der Waals surface area contributed by atoms with Gasteiger partial charge < -0.3 is 34.8 Å². The molecule has 13 nitrogen and oxygen atoms in total. The van der Waals surface area contributed by atoms with E-state index in [2.05, 4.69) is 10.3 Å². The number of amides is 3. The Morgan fingerprint density at radius 3 is 2.31 bits per heavy atom. The van der Waals surface area contributed by atoms with Gasteiger partial charge in [0.2, 0.25) is 11.5 Å². The van der Waals surface area contributed by atoms with Crippen LogP contribution in [0.25, 0.3) is 10.9 Å². The molecule has 3 amide bonds. The van der Waals surface area contributed by atoms with Crippen molar-refractivity contribution in [1.82, 2.24) is 20.1 Å². The maximum atomic E-state index is 13.5. The molecule has 0 bridgehead atoms. The summed E-state index contributed by atoms with van der Waals surface area (Å²) in [5.74, 6) is -3.41. The van der Waals surface area contributed by atoms with E-state index in [4.69, 9.17) is 21.1 Å². The van der Waals surface area contributed by atoms with Crippen LogP contribution in [0.5, 0.6) is 5.75 Å². The van der Waals surface area contributed by atoms with Crippen LogP contribution in [0.2, 0.25) is 5.02 Å². The minimum Gasteiger partial charge on any atom is -0.481 e. The van der Waals surface area contributed by atoms with E-state index in [1.165, 1.54) is 15.9 Å². The van der Waals surface area contributed by atoms with Gasteiger partial charge in [-0.25, -0.2) is 14.6 Å². The Hall–Kier alpha value is -4.13. The van der Waals surface area contributed by atoms with Gasteiger partial charge in [-0.2, -0.15) is 0 Å². The summed E-state index contributed by atoms with van der Waals surface area (Å²) in [7, 11) is 0. The highest BCUT2D eigenvalue weighted by Gasteiger charge is 2.47. The first kappa shape index (κ1) is 30.8. The number of aromatic nitrogens is 1. The summed E-state index contributed by atoms with van der Waals surface area (Å²) in [5, 5.41) is 22.5. The van der Waals surface area contributed by atoms with Crippen molar-refractivity contribution in [3.05, 3.63) is 34.5 Å². The number of nitrogens with one attached hydrogen (secondary N) is 1. The van der Waals surface area contributed by atoms with E-state index in [-0.39, 0.29) is 57.1 Å². The number of carbonyl (C=O) groups excluding carboxylic acids is 3. The molecule has 0 spiro atoms. The SMILES string of the molecule is CCOC(=O)N1CCN(C(=O)C(CCC(=O)O)NC(=O)c2cc(OC3(C(=O)O)CCC3)c3cc(Cl)c(C)cc3n2)CC1. The smallest absolute Gasteiger partial charge is 0.409 e. The Bertz CT molecular complexity index is 1400. The molecule has 2 aromatic rings. The molecule has 1 aliphatic heterocycles. The molecule has 1 saturated heterocycles. The summed E-state index contributed by atoms with van der Waals surface area (Å²) in [6.45, 7) is 4.49. The van der Waals surface area contributed by atoms with Crippen molar-refractivity contribution in [2.24, 2.45) is 0 Å². The first-order chi connectivity index (χ1) is 19.9. The lowest BCUT2D eigenvalue weighted by atomic mass is 9.80. The zero-order valence-corrected chi connectivity index (χ0v) is 24.1. The summed E-state index contributed by atoms with van der Waals surface area (Å²) in [4.78, 5) is 69.6. The Labute approximate surface area is 246 Å². The van der Waals surface area contributed by atoms with Gasteiger partial charge in [-0.15, -0.1) is 0 Å². The van der Waals surface area contributed by atoms with E-state index < -0.39 is 41.5 Å². The molecule has 1 atom stereocenters. The molecule has 42 heavy (non-hydrogen) atoms. The van der Waals surface area contributed by atoms with E-state index in [1.54, 1.807) is 26.0 Å². The van der Waals surface area contributed by atoms with Crippen molar-refractivity contribution in [2.75, 3.05) is 32.8 Å². The third-order valence-corrected chi connectivity index (χ3v) is 7.91. The lowest BCUT2D eigenvalue weighted by Gasteiger charge is -2.38. The maximum Gasteiger partial charge on any atom is 0.409 e. The van der Waals surface area contributed by atoms with E-state index in [0.717, 1.165) is 0 Å². The molecular weight excluding hydrogens is 572 g/mol. The number of carboxylic acids is 2. The van der Waals surface area contributed by atoms with Gasteiger partial charge in [0.1, 0.15) is 17.5 Å². The van der Waals surface area contributed by atoms with Gasteiger partial charge in [-0.1, -0.05) is 11.6 Å². The third-order valence-electron chi connectivity index (χ3n) is 7.51. The van der Waals surface area contributed by atoms with Gasteiger partial charge >= 0.3 is 18.0 Å². The highest BCUT2D eigenvalue weighted by Crippen LogP contribution is 2.40. The third kappa shape index (κ3) is 6.67. The molecule has 3 N–H and O–H groups in total. The van der Waals surface area contributed by atoms with Crippen LogP contribution in [-0.4, -0.2) is 99.3 Å². The van der Waals surface area contributed by atoms with Crippen molar-refractivity contribution in [3.63, 3.8) is 0 Å². The second kappa shape index (κ2) is 12.8. The average Bonchev–Trinajstić information content (AvgIpc) is 2.93. The summed E-state index contributed by atoms with van der Waals surface area (Å²) >= 11 is 6.33. The number of nitrogens with zero attached hydrogens (tertiary/aromatic N) is 3. The molecule has 2 heterocycles. The lowest BCUT2D eigenvalue weighted by Crippen LogP contribution is -2.56. The van der Waals surface area contributed by atoms with Crippen molar-refractivity contribution in [2.45, 2.75) is 57.6 Å². The number of aryl methyl sites for hydroxylation is 1. The summed E-state index contributed by atoms with van der Waals surface area (Å²) in [5.41, 5.74) is -0.569. The van der Waals surface area contributed by atoms with Gasteiger partial charge in [-0.05, 0) is 57.2 Å². The van der Waals surface area contributed by atoms with Gasteiger partial charge in [0, 0.05) is 49.1 Å². The van der Waals surface area contributed by atoms with Gasteiger partial charge in [-0.3, -0.25) is 14.4 Å². The van der Waals surface area contributed by atoms with E-state index in [9.17, 15) is 34.2 Å². The topological polar surface area (TPSA) is 176 Å². The average molecular weight is 605 g/mol. The molecule has 14 heteroatoms.